The molecule has 0 radical (unpaired) electrons. The Morgan fingerprint density at radius 2 is 2.10 bits per heavy atom. The smallest absolute Gasteiger partial charge is 0.0890 e. The third-order valence-corrected chi connectivity index (χ3v) is 3.57. The molecule has 4 nitrogen and oxygen atoms in total. The maximum absolute atomic E-state index is 5.49. The first-order valence-corrected chi connectivity index (χ1v) is 7.13. The van der Waals surface area contributed by atoms with Gasteiger partial charge in [-0.1, -0.05) is 13.0 Å². The van der Waals surface area contributed by atoms with E-state index >= 15 is 0 Å². The monoisotopic (exact) mass is 269 g/mol. The van der Waals surface area contributed by atoms with Gasteiger partial charge in [0.15, 0.2) is 0 Å². The van der Waals surface area contributed by atoms with Crippen LogP contribution in [0.3, 0.4) is 0 Å². The molecule has 0 aliphatic carbocycles. The van der Waals surface area contributed by atoms with Gasteiger partial charge in [0.1, 0.15) is 0 Å². The van der Waals surface area contributed by atoms with Gasteiger partial charge < -0.3 is 10.1 Å². The first-order valence-electron chi connectivity index (χ1n) is 7.13. The van der Waals surface area contributed by atoms with Crippen LogP contribution >= 0.6 is 0 Å². The zero-order valence-electron chi connectivity index (χ0n) is 11.7. The Morgan fingerprint density at radius 3 is 2.85 bits per heavy atom. The van der Waals surface area contributed by atoms with E-state index in [-0.39, 0.29) is 6.04 Å². The fourth-order valence-electron chi connectivity index (χ4n) is 2.62. The van der Waals surface area contributed by atoms with Crippen molar-refractivity contribution in [3.8, 4) is 0 Å². The molecule has 20 heavy (non-hydrogen) atoms. The number of nitrogens with zero attached hydrogens (tertiary/aromatic N) is 2. The second-order valence-corrected chi connectivity index (χ2v) is 4.96. The van der Waals surface area contributed by atoms with Gasteiger partial charge in [-0.2, -0.15) is 0 Å². The predicted octanol–water partition coefficient (Wildman–Crippen LogP) is 2.97. The number of fused-ring (bicyclic) bond motifs is 1. The molecule has 3 rings (SSSR count). The van der Waals surface area contributed by atoms with Gasteiger partial charge in [0.2, 0.25) is 0 Å². The number of ether oxygens (including phenoxy) is 1. The zero-order valence-corrected chi connectivity index (χ0v) is 11.7. The van der Waals surface area contributed by atoms with E-state index in [0.29, 0.717) is 0 Å². The number of rotatable bonds is 4. The summed E-state index contributed by atoms with van der Waals surface area (Å²) in [5.41, 5.74) is 4.39. The molecule has 0 saturated heterocycles. The molecule has 104 valence electrons. The second-order valence-electron chi connectivity index (χ2n) is 4.96. The third kappa shape index (κ3) is 2.65. The molecule has 0 amide bonds. The number of aromatic nitrogens is 2. The van der Waals surface area contributed by atoms with Crippen LogP contribution in [0.15, 0.2) is 42.4 Å². The number of nitrogens with one attached hydrogen (secondary N) is 1. The minimum absolute atomic E-state index is 0.201. The van der Waals surface area contributed by atoms with E-state index in [0.717, 1.165) is 37.0 Å². The van der Waals surface area contributed by atoms with Crippen LogP contribution in [-0.4, -0.2) is 23.1 Å². The van der Waals surface area contributed by atoms with Crippen LogP contribution in [0.1, 0.15) is 31.4 Å². The minimum atomic E-state index is 0.201. The lowest BCUT2D eigenvalue weighted by Crippen LogP contribution is -2.24. The number of hydrogen-bond donors (Lipinski definition) is 1. The standard InChI is InChI=1S/C16H19N3O/c1-2-17-16(13-4-3-9-20-11-13)12-5-6-14-15(10-12)19-8-7-18-14/h5-8,10-11,16-17H,2-4,9H2,1H3. The van der Waals surface area contributed by atoms with Crippen molar-refractivity contribution >= 4 is 11.0 Å². The molecule has 0 bridgehead atoms. The molecule has 1 aliphatic heterocycles. The molecule has 1 atom stereocenters. The Morgan fingerprint density at radius 1 is 1.25 bits per heavy atom. The first-order chi connectivity index (χ1) is 9.88. The van der Waals surface area contributed by atoms with Gasteiger partial charge in [-0.15, -0.1) is 0 Å². The van der Waals surface area contributed by atoms with Crippen molar-refractivity contribution in [3.63, 3.8) is 0 Å². The topological polar surface area (TPSA) is 47.0 Å². The predicted molar refractivity (Wildman–Crippen MR) is 79.2 cm³/mol. The van der Waals surface area contributed by atoms with Crippen LogP contribution in [0, 0.1) is 0 Å². The van der Waals surface area contributed by atoms with Crippen LogP contribution < -0.4 is 5.32 Å². The third-order valence-electron chi connectivity index (χ3n) is 3.57. The minimum Gasteiger partial charge on any atom is -0.501 e. The Kier molecular flexibility index (Phi) is 3.92. The Bertz CT molecular complexity index is 624. The summed E-state index contributed by atoms with van der Waals surface area (Å²) < 4.78 is 5.49. The molecule has 1 aromatic heterocycles. The Labute approximate surface area is 118 Å². The second kappa shape index (κ2) is 6.01. The van der Waals surface area contributed by atoms with E-state index in [1.54, 1.807) is 12.4 Å². The van der Waals surface area contributed by atoms with E-state index < -0.39 is 0 Å². The van der Waals surface area contributed by atoms with E-state index in [1.165, 1.54) is 11.1 Å². The van der Waals surface area contributed by atoms with E-state index in [9.17, 15) is 0 Å². The molecule has 1 aliphatic rings. The summed E-state index contributed by atoms with van der Waals surface area (Å²) in [5, 5.41) is 3.54. The molecule has 2 heterocycles. The van der Waals surface area contributed by atoms with Gasteiger partial charge in [-0.25, -0.2) is 0 Å². The fraction of sp³-hybridized carbons (Fsp3) is 0.375. The highest BCUT2D eigenvalue weighted by Gasteiger charge is 2.18. The molecule has 2 aromatic rings. The highest BCUT2D eigenvalue weighted by Crippen LogP contribution is 2.28. The zero-order chi connectivity index (χ0) is 13.8. The van der Waals surface area contributed by atoms with Crippen LogP contribution in [0.25, 0.3) is 11.0 Å². The van der Waals surface area contributed by atoms with Gasteiger partial charge in [0, 0.05) is 12.4 Å². The number of benzene rings is 1. The lowest BCUT2D eigenvalue weighted by Gasteiger charge is -2.24. The summed E-state index contributed by atoms with van der Waals surface area (Å²) >= 11 is 0. The summed E-state index contributed by atoms with van der Waals surface area (Å²) in [7, 11) is 0. The molecule has 0 fully saturated rings. The van der Waals surface area contributed by atoms with Gasteiger partial charge in [-0.05, 0) is 42.7 Å². The van der Waals surface area contributed by atoms with Crippen molar-refractivity contribution in [3.05, 3.63) is 48.0 Å². The lowest BCUT2D eigenvalue weighted by molar-refractivity contribution is 0.219. The summed E-state index contributed by atoms with van der Waals surface area (Å²) in [5.74, 6) is 0. The van der Waals surface area contributed by atoms with Crippen molar-refractivity contribution in [2.24, 2.45) is 0 Å². The van der Waals surface area contributed by atoms with Gasteiger partial charge in [0.05, 0.1) is 29.9 Å². The molecule has 4 heteroatoms. The van der Waals surface area contributed by atoms with E-state index in [1.807, 2.05) is 12.3 Å². The maximum atomic E-state index is 5.49. The van der Waals surface area contributed by atoms with Crippen LogP contribution in [0.4, 0.5) is 0 Å². The number of hydrogen-bond acceptors (Lipinski definition) is 4. The van der Waals surface area contributed by atoms with Gasteiger partial charge in [0.25, 0.3) is 0 Å². The largest absolute Gasteiger partial charge is 0.501 e. The van der Waals surface area contributed by atoms with E-state index in [4.69, 9.17) is 4.74 Å². The maximum Gasteiger partial charge on any atom is 0.0890 e. The molecule has 0 saturated carbocycles. The first kappa shape index (κ1) is 13.1. The van der Waals surface area contributed by atoms with Crippen LogP contribution in [-0.2, 0) is 4.74 Å². The SMILES string of the molecule is CCNC(C1=COCCC1)c1ccc2nccnc2c1. The van der Waals surface area contributed by atoms with Gasteiger partial charge in [-0.3, -0.25) is 9.97 Å². The van der Waals surface area contributed by atoms with Gasteiger partial charge >= 0.3 is 0 Å². The Balaban J connectivity index is 1.97. The van der Waals surface area contributed by atoms with Crippen molar-refractivity contribution in [1.82, 2.24) is 15.3 Å². The molecule has 0 spiro atoms. The molecule has 1 aromatic carbocycles. The van der Waals surface area contributed by atoms with Crippen molar-refractivity contribution < 1.29 is 4.74 Å². The fourth-order valence-corrected chi connectivity index (χ4v) is 2.62. The number of likely N-dealkylation sites (N-methyl/N-ethyl adjacent to an activating group) is 1. The summed E-state index contributed by atoms with van der Waals surface area (Å²) in [6.07, 6.45) is 7.54. The average molecular weight is 269 g/mol. The highest BCUT2D eigenvalue weighted by molar-refractivity contribution is 5.74. The Hall–Kier alpha value is -1.94. The quantitative estimate of drug-likeness (QED) is 0.927. The van der Waals surface area contributed by atoms with Crippen molar-refractivity contribution in [2.75, 3.05) is 13.2 Å². The van der Waals surface area contributed by atoms with Crippen LogP contribution in [0.2, 0.25) is 0 Å². The average Bonchev–Trinajstić information content (AvgIpc) is 2.53. The molecule has 1 unspecified atom stereocenters. The van der Waals surface area contributed by atoms with E-state index in [2.05, 4.69) is 34.3 Å². The molecule has 1 N–H and O–H groups in total. The highest BCUT2D eigenvalue weighted by atomic mass is 16.5. The molecular formula is C16H19N3O. The molecular weight excluding hydrogens is 250 g/mol. The summed E-state index contributed by atoms with van der Waals surface area (Å²) in [6, 6.07) is 6.48. The summed E-state index contributed by atoms with van der Waals surface area (Å²) in [6.45, 7) is 3.87. The normalized spacial score (nSPS) is 16.6. The lowest BCUT2D eigenvalue weighted by atomic mass is 9.95. The van der Waals surface area contributed by atoms with Crippen molar-refractivity contribution in [1.29, 1.82) is 0 Å². The van der Waals surface area contributed by atoms with Crippen molar-refractivity contribution in [2.45, 2.75) is 25.8 Å². The summed E-state index contributed by atoms with van der Waals surface area (Å²) in [4.78, 5) is 8.71. The van der Waals surface area contributed by atoms with Crippen LogP contribution in [0.5, 0.6) is 0 Å².